The van der Waals surface area contributed by atoms with Gasteiger partial charge in [-0.2, -0.15) is 12.8 Å². The first-order valence-electron chi connectivity index (χ1n) is 6.92. The lowest BCUT2D eigenvalue weighted by molar-refractivity contribution is 0.278. The average Bonchev–Trinajstić information content (AvgIpc) is 2.60. The lowest BCUT2D eigenvalue weighted by Gasteiger charge is -2.31. The molecule has 0 bridgehead atoms. The first-order chi connectivity index (χ1) is 9.25. The zero-order valence-electron chi connectivity index (χ0n) is 12.5. The van der Waals surface area contributed by atoms with Gasteiger partial charge in [-0.05, 0) is 18.0 Å². The molecule has 0 aromatic heterocycles. The Kier molecular flexibility index (Phi) is 4.02. The molecular weight excluding hydrogens is 272 g/mol. The molecule has 1 heterocycles. The molecule has 0 spiro atoms. The van der Waals surface area contributed by atoms with Gasteiger partial charge in [0.05, 0.1) is 10.6 Å². The van der Waals surface area contributed by atoms with Crippen molar-refractivity contribution < 1.29 is 8.42 Å². The summed E-state index contributed by atoms with van der Waals surface area (Å²) in [7, 11) is -3.50. The summed E-state index contributed by atoms with van der Waals surface area (Å²) < 4.78 is 28.1. The molecule has 1 aromatic rings. The van der Waals surface area contributed by atoms with Crippen LogP contribution in [0.2, 0.25) is 0 Å². The summed E-state index contributed by atoms with van der Waals surface area (Å²) in [6, 6.07) is 7.24. The molecule has 1 atom stereocenters. The highest BCUT2D eigenvalue weighted by atomic mass is 32.2. The number of benzene rings is 1. The fourth-order valence-corrected chi connectivity index (χ4v) is 3.72. The van der Waals surface area contributed by atoms with E-state index in [-0.39, 0.29) is 11.5 Å². The number of hydrogen-bond acceptors (Lipinski definition) is 3. The highest BCUT2D eigenvalue weighted by Gasteiger charge is 2.32. The van der Waals surface area contributed by atoms with Crippen LogP contribution in [0.15, 0.2) is 33.6 Å². The van der Waals surface area contributed by atoms with Gasteiger partial charge in [-0.15, -0.1) is 0 Å². The van der Waals surface area contributed by atoms with E-state index in [1.165, 1.54) is 0 Å². The van der Waals surface area contributed by atoms with Crippen molar-refractivity contribution >= 4 is 15.7 Å². The zero-order chi connectivity index (χ0) is 15.0. The fourth-order valence-electron chi connectivity index (χ4n) is 2.44. The predicted molar refractivity (Wildman–Crippen MR) is 81.7 cm³/mol. The normalized spacial score (nSPS) is 18.5. The predicted octanol–water partition coefficient (Wildman–Crippen LogP) is 2.59. The third-order valence-corrected chi connectivity index (χ3v) is 4.97. The Bertz CT molecular complexity index is 628. The summed E-state index contributed by atoms with van der Waals surface area (Å²) in [5, 5.41) is 3.43. The van der Waals surface area contributed by atoms with Gasteiger partial charge in [0.15, 0.2) is 0 Å². The van der Waals surface area contributed by atoms with Crippen molar-refractivity contribution in [1.82, 2.24) is 5.32 Å². The van der Waals surface area contributed by atoms with Crippen LogP contribution >= 0.6 is 0 Å². The number of hydrogen-bond donors (Lipinski definition) is 1. The summed E-state index contributed by atoms with van der Waals surface area (Å²) in [6.45, 7) is 9.35. The van der Waals surface area contributed by atoms with E-state index in [4.69, 9.17) is 0 Å². The van der Waals surface area contributed by atoms with Crippen molar-refractivity contribution in [3.05, 3.63) is 29.8 Å². The molecule has 0 amide bonds. The van der Waals surface area contributed by atoms with Crippen molar-refractivity contribution in [2.75, 3.05) is 6.54 Å². The quantitative estimate of drug-likeness (QED) is 0.928. The smallest absolute Gasteiger partial charge is 0.283 e. The van der Waals surface area contributed by atoms with Crippen molar-refractivity contribution in [3.63, 3.8) is 0 Å². The SMILES string of the molecule is CCNC(CC1=NS(=O)(=O)c2ccccc21)C(C)(C)C. The standard InChI is InChI=1S/C15H22N2O2S/c1-5-16-14(15(2,3)4)10-12-11-8-6-7-9-13(11)20(18,19)17-12/h6-9,14,16H,5,10H2,1-4H3. The van der Waals surface area contributed by atoms with Gasteiger partial charge in [0, 0.05) is 18.0 Å². The van der Waals surface area contributed by atoms with Gasteiger partial charge >= 0.3 is 0 Å². The van der Waals surface area contributed by atoms with Gasteiger partial charge in [0.2, 0.25) is 0 Å². The number of nitrogens with zero attached hydrogens (tertiary/aromatic N) is 1. The number of sulfonamides is 1. The monoisotopic (exact) mass is 294 g/mol. The third kappa shape index (κ3) is 2.94. The van der Waals surface area contributed by atoms with Gasteiger partial charge in [-0.25, -0.2) is 0 Å². The maximum absolute atomic E-state index is 12.0. The molecule has 1 unspecified atom stereocenters. The summed E-state index contributed by atoms with van der Waals surface area (Å²) in [6.07, 6.45) is 0.619. The van der Waals surface area contributed by atoms with Crippen LogP contribution in [0.25, 0.3) is 0 Å². The van der Waals surface area contributed by atoms with E-state index in [0.29, 0.717) is 17.0 Å². The summed E-state index contributed by atoms with van der Waals surface area (Å²) in [5.41, 5.74) is 1.46. The Hall–Kier alpha value is -1.20. The van der Waals surface area contributed by atoms with E-state index >= 15 is 0 Å². The topological polar surface area (TPSA) is 58.5 Å². The second kappa shape index (κ2) is 5.30. The molecule has 4 nitrogen and oxygen atoms in total. The third-order valence-electron chi connectivity index (χ3n) is 3.60. The lowest BCUT2D eigenvalue weighted by Crippen LogP contribution is -2.41. The van der Waals surface area contributed by atoms with Crippen LogP contribution in [0.4, 0.5) is 0 Å². The minimum absolute atomic E-state index is 0.0415. The molecule has 0 fully saturated rings. The highest BCUT2D eigenvalue weighted by Crippen LogP contribution is 2.30. The zero-order valence-corrected chi connectivity index (χ0v) is 13.3. The van der Waals surface area contributed by atoms with Crippen LogP contribution in [-0.4, -0.2) is 26.7 Å². The first kappa shape index (κ1) is 15.2. The Labute approximate surface area is 121 Å². The molecule has 0 aliphatic carbocycles. The molecule has 20 heavy (non-hydrogen) atoms. The second-order valence-electron chi connectivity index (χ2n) is 6.19. The van der Waals surface area contributed by atoms with Gasteiger partial charge in [-0.1, -0.05) is 45.9 Å². The Morgan fingerprint density at radius 3 is 2.50 bits per heavy atom. The Morgan fingerprint density at radius 1 is 1.25 bits per heavy atom. The minimum Gasteiger partial charge on any atom is -0.313 e. The second-order valence-corrected chi connectivity index (χ2v) is 7.76. The van der Waals surface area contributed by atoms with E-state index < -0.39 is 10.0 Å². The number of rotatable bonds is 4. The summed E-state index contributed by atoms with van der Waals surface area (Å²) in [5.74, 6) is 0. The van der Waals surface area contributed by atoms with E-state index in [1.54, 1.807) is 12.1 Å². The van der Waals surface area contributed by atoms with Crippen molar-refractivity contribution in [1.29, 1.82) is 0 Å². The summed E-state index contributed by atoms with van der Waals surface area (Å²) in [4.78, 5) is 0.333. The molecule has 1 aliphatic rings. The largest absolute Gasteiger partial charge is 0.313 e. The van der Waals surface area contributed by atoms with Crippen LogP contribution in [0.3, 0.4) is 0 Å². The Morgan fingerprint density at radius 2 is 1.90 bits per heavy atom. The lowest BCUT2D eigenvalue weighted by atomic mass is 9.82. The minimum atomic E-state index is -3.50. The first-order valence-corrected chi connectivity index (χ1v) is 8.36. The van der Waals surface area contributed by atoms with Crippen molar-refractivity contribution in [2.24, 2.45) is 9.81 Å². The average molecular weight is 294 g/mol. The van der Waals surface area contributed by atoms with E-state index in [2.05, 4.69) is 37.4 Å². The number of nitrogens with one attached hydrogen (secondary N) is 1. The van der Waals surface area contributed by atoms with Gasteiger partial charge < -0.3 is 5.32 Å². The van der Waals surface area contributed by atoms with Gasteiger partial charge in [0.25, 0.3) is 10.0 Å². The molecule has 1 aliphatic heterocycles. The van der Waals surface area contributed by atoms with Gasteiger partial charge in [-0.3, -0.25) is 0 Å². The highest BCUT2D eigenvalue weighted by molar-refractivity contribution is 7.90. The maximum atomic E-state index is 12.0. The molecule has 1 N–H and O–H groups in total. The molecule has 5 heteroatoms. The van der Waals surface area contributed by atoms with Crippen molar-refractivity contribution in [3.8, 4) is 0 Å². The van der Waals surface area contributed by atoms with E-state index in [0.717, 1.165) is 12.1 Å². The molecule has 0 saturated heterocycles. The van der Waals surface area contributed by atoms with Crippen LogP contribution in [0.5, 0.6) is 0 Å². The molecule has 2 rings (SSSR count). The van der Waals surface area contributed by atoms with E-state index in [1.807, 2.05) is 12.1 Å². The number of fused-ring (bicyclic) bond motifs is 1. The molecule has 1 aromatic carbocycles. The maximum Gasteiger partial charge on any atom is 0.283 e. The van der Waals surface area contributed by atoms with Crippen molar-refractivity contribution in [2.45, 2.75) is 45.1 Å². The molecule has 110 valence electrons. The Balaban J connectivity index is 2.35. The summed E-state index contributed by atoms with van der Waals surface area (Å²) >= 11 is 0. The van der Waals surface area contributed by atoms with Crippen LogP contribution < -0.4 is 5.32 Å². The molecular formula is C15H22N2O2S. The van der Waals surface area contributed by atoms with Crippen LogP contribution in [-0.2, 0) is 10.0 Å². The van der Waals surface area contributed by atoms with Gasteiger partial charge in [0.1, 0.15) is 0 Å². The molecule has 0 saturated carbocycles. The fraction of sp³-hybridized carbons (Fsp3) is 0.533. The van der Waals surface area contributed by atoms with Crippen LogP contribution in [0.1, 0.15) is 39.7 Å². The van der Waals surface area contributed by atoms with Crippen LogP contribution in [0, 0.1) is 5.41 Å². The van der Waals surface area contributed by atoms with E-state index in [9.17, 15) is 8.42 Å². The molecule has 0 radical (unpaired) electrons.